The fourth-order valence-electron chi connectivity index (χ4n) is 4.42. The van der Waals surface area contributed by atoms with Crippen LogP contribution in [0.2, 0.25) is 0 Å². The van der Waals surface area contributed by atoms with Crippen LogP contribution in [0, 0.1) is 0 Å². The van der Waals surface area contributed by atoms with E-state index in [4.69, 9.17) is 7.48 Å². The Morgan fingerprint density at radius 1 is 1.06 bits per heavy atom. The van der Waals surface area contributed by atoms with E-state index in [0.717, 1.165) is 43.3 Å². The highest BCUT2D eigenvalue weighted by Crippen LogP contribution is 2.32. The molecule has 0 unspecified atom stereocenters. The number of anilines is 1. The van der Waals surface area contributed by atoms with Crippen LogP contribution in [0.1, 0.15) is 42.6 Å². The predicted octanol–water partition coefficient (Wildman–Crippen LogP) is 1.89. The number of imide groups is 1. The first-order valence-corrected chi connectivity index (χ1v) is 11.3. The Hall–Kier alpha value is -3.23. The van der Waals surface area contributed by atoms with Crippen molar-refractivity contribution in [1.82, 2.24) is 15.1 Å². The van der Waals surface area contributed by atoms with Gasteiger partial charge >= 0.3 is 0 Å². The zero-order valence-electron chi connectivity index (χ0n) is 20.3. The van der Waals surface area contributed by atoms with Crippen molar-refractivity contribution < 1.29 is 21.9 Å². The van der Waals surface area contributed by atoms with Crippen LogP contribution in [0.15, 0.2) is 42.5 Å². The van der Waals surface area contributed by atoms with Crippen molar-refractivity contribution in [2.24, 2.45) is 0 Å². The highest BCUT2D eigenvalue weighted by atomic mass is 16.5. The minimum atomic E-state index is -2.19. The molecule has 172 valence electrons. The first-order valence-electron chi connectivity index (χ1n) is 12.3. The van der Waals surface area contributed by atoms with Crippen molar-refractivity contribution in [3.63, 3.8) is 0 Å². The van der Waals surface area contributed by atoms with Crippen molar-refractivity contribution in [1.29, 1.82) is 0 Å². The molecular weight excluding hydrogens is 420 g/mol. The molecule has 1 atom stereocenters. The number of carbonyl (C=O) groups excluding carboxylic acids is 3. The van der Waals surface area contributed by atoms with Crippen molar-refractivity contribution in [2.75, 3.05) is 31.6 Å². The summed E-state index contributed by atoms with van der Waals surface area (Å²) in [5, 5.41) is 5.50. The van der Waals surface area contributed by atoms with E-state index >= 15 is 0 Å². The molecule has 0 aromatic heterocycles. The molecule has 0 saturated carbocycles. The molecule has 0 bridgehead atoms. The molecule has 0 radical (unpaired) electrons. The Kier molecular flexibility index (Phi) is 5.44. The van der Waals surface area contributed by atoms with Gasteiger partial charge in [-0.2, -0.15) is 0 Å². The van der Waals surface area contributed by atoms with Gasteiger partial charge in [0.2, 0.25) is 11.8 Å². The molecule has 2 fully saturated rings. The first-order chi connectivity index (χ1) is 16.8. The SMILES string of the molecule is [2H]C1([2H])c2c(NCc3ccc(CN4CCOCC4)cc3)cccc2C(=O)N1[C@@H]1CCC(=O)NC1=O. The first kappa shape index (κ1) is 19.3. The number of ether oxygens (including phenoxy) is 1. The summed E-state index contributed by atoms with van der Waals surface area (Å²) in [4.78, 5) is 40.4. The van der Waals surface area contributed by atoms with Gasteiger partial charge in [-0.05, 0) is 29.7 Å². The van der Waals surface area contributed by atoms with Crippen LogP contribution in [0.3, 0.4) is 0 Å². The summed E-state index contributed by atoms with van der Waals surface area (Å²) in [5.41, 5.74) is 3.20. The Morgan fingerprint density at radius 2 is 1.82 bits per heavy atom. The summed E-state index contributed by atoms with van der Waals surface area (Å²) in [5.74, 6) is -1.59. The largest absolute Gasteiger partial charge is 0.381 e. The summed E-state index contributed by atoms with van der Waals surface area (Å²) < 4.78 is 22.9. The molecule has 3 amide bonds. The normalized spacial score (nSPS) is 23.6. The van der Waals surface area contributed by atoms with Crippen molar-refractivity contribution in [3.05, 3.63) is 64.7 Å². The molecule has 3 aliphatic heterocycles. The second kappa shape index (κ2) is 9.33. The van der Waals surface area contributed by atoms with Crippen molar-refractivity contribution >= 4 is 23.4 Å². The Balaban J connectivity index is 1.31. The summed E-state index contributed by atoms with van der Waals surface area (Å²) in [6, 6.07) is 12.3. The number of nitrogens with zero attached hydrogens (tertiary/aromatic N) is 2. The van der Waals surface area contributed by atoms with Crippen LogP contribution in [-0.4, -0.2) is 59.9 Å². The lowest BCUT2D eigenvalue weighted by molar-refractivity contribution is -0.136. The number of nitrogens with one attached hydrogen (secondary N) is 2. The second-order valence-corrected chi connectivity index (χ2v) is 8.54. The molecule has 0 spiro atoms. The van der Waals surface area contributed by atoms with Gasteiger partial charge in [0.15, 0.2) is 0 Å². The second-order valence-electron chi connectivity index (χ2n) is 8.54. The highest BCUT2D eigenvalue weighted by Gasteiger charge is 2.39. The molecule has 2 aromatic rings. The third-order valence-corrected chi connectivity index (χ3v) is 6.28. The van der Waals surface area contributed by atoms with E-state index in [-0.39, 0.29) is 24.0 Å². The number of fused-ring (bicyclic) bond motifs is 1. The van der Waals surface area contributed by atoms with Crippen LogP contribution in [0.5, 0.6) is 0 Å². The fourth-order valence-corrected chi connectivity index (χ4v) is 4.42. The van der Waals surface area contributed by atoms with Gasteiger partial charge in [0.1, 0.15) is 6.04 Å². The molecule has 3 heterocycles. The van der Waals surface area contributed by atoms with Crippen LogP contribution >= 0.6 is 0 Å². The molecule has 2 saturated heterocycles. The summed E-state index contributed by atoms with van der Waals surface area (Å²) in [6.45, 7) is 2.53. The number of carbonyl (C=O) groups is 3. The molecule has 0 aliphatic carbocycles. The van der Waals surface area contributed by atoms with E-state index in [2.05, 4.69) is 27.7 Å². The van der Waals surface area contributed by atoms with E-state index in [0.29, 0.717) is 12.2 Å². The lowest BCUT2D eigenvalue weighted by Crippen LogP contribution is -2.52. The third kappa shape index (κ3) is 4.62. The predicted molar refractivity (Wildman–Crippen MR) is 122 cm³/mol. The van der Waals surface area contributed by atoms with Gasteiger partial charge in [0, 0.05) is 55.9 Å². The van der Waals surface area contributed by atoms with Crippen molar-refractivity contribution in [2.45, 2.75) is 38.5 Å². The van der Waals surface area contributed by atoms with Gasteiger partial charge in [-0.3, -0.25) is 24.6 Å². The van der Waals surface area contributed by atoms with E-state index in [1.54, 1.807) is 18.2 Å². The lowest BCUT2D eigenvalue weighted by Gasteiger charge is -2.29. The number of hydrogen-bond donors (Lipinski definition) is 2. The molecule has 8 heteroatoms. The summed E-state index contributed by atoms with van der Waals surface area (Å²) in [7, 11) is 0. The average Bonchev–Trinajstić information content (AvgIpc) is 3.05. The lowest BCUT2D eigenvalue weighted by atomic mass is 10.0. The van der Waals surface area contributed by atoms with Gasteiger partial charge in [-0.15, -0.1) is 0 Å². The zero-order valence-corrected chi connectivity index (χ0v) is 18.3. The monoisotopic (exact) mass is 450 g/mol. The minimum Gasteiger partial charge on any atom is -0.381 e. The quantitative estimate of drug-likeness (QED) is 0.654. The molecule has 33 heavy (non-hydrogen) atoms. The van der Waals surface area contributed by atoms with Crippen LogP contribution < -0.4 is 10.6 Å². The maximum absolute atomic E-state index is 13.1. The highest BCUT2D eigenvalue weighted by molar-refractivity contribution is 6.06. The number of amides is 3. The fraction of sp³-hybridized carbons (Fsp3) is 0.400. The van der Waals surface area contributed by atoms with E-state index < -0.39 is 30.3 Å². The van der Waals surface area contributed by atoms with E-state index in [1.807, 2.05) is 12.1 Å². The van der Waals surface area contributed by atoms with Gasteiger partial charge in [0.05, 0.1) is 16.0 Å². The Labute approximate surface area is 195 Å². The van der Waals surface area contributed by atoms with Gasteiger partial charge in [-0.25, -0.2) is 0 Å². The van der Waals surface area contributed by atoms with Crippen LogP contribution in [0.4, 0.5) is 5.69 Å². The number of piperidine rings is 1. The summed E-state index contributed by atoms with van der Waals surface area (Å²) >= 11 is 0. The number of hydrogen-bond acceptors (Lipinski definition) is 6. The smallest absolute Gasteiger partial charge is 0.255 e. The van der Waals surface area contributed by atoms with Gasteiger partial charge in [-0.1, -0.05) is 30.3 Å². The zero-order chi connectivity index (χ0) is 24.6. The maximum Gasteiger partial charge on any atom is 0.255 e. The van der Waals surface area contributed by atoms with E-state index in [9.17, 15) is 14.4 Å². The number of rotatable bonds is 6. The molecule has 2 aromatic carbocycles. The molecule has 5 rings (SSSR count). The topological polar surface area (TPSA) is 91.0 Å². The van der Waals surface area contributed by atoms with Crippen LogP contribution in [0.25, 0.3) is 0 Å². The minimum absolute atomic E-state index is 0.0687. The van der Waals surface area contributed by atoms with Crippen LogP contribution in [-0.2, 0) is 33.9 Å². The molecule has 3 aliphatic rings. The summed E-state index contributed by atoms with van der Waals surface area (Å²) in [6.07, 6.45) is 0.169. The molecule has 2 N–H and O–H groups in total. The Morgan fingerprint density at radius 3 is 2.58 bits per heavy atom. The number of benzene rings is 2. The standard InChI is InChI=1S/C25H28N4O4/c30-23-9-8-22(24(31)27-23)29-16-20-19(25(29)32)2-1-3-21(20)26-14-17-4-6-18(7-5-17)15-28-10-12-33-13-11-28/h1-7,22,26H,8-16H2,(H,27,30,31)/t22-/m1/s1/i16D2. The Bertz CT molecular complexity index is 1150. The van der Waals surface area contributed by atoms with Gasteiger partial charge in [0.25, 0.3) is 5.91 Å². The number of morpholine rings is 1. The maximum atomic E-state index is 13.1. The third-order valence-electron chi connectivity index (χ3n) is 6.28. The molecule has 8 nitrogen and oxygen atoms in total. The van der Waals surface area contributed by atoms with Crippen molar-refractivity contribution in [3.8, 4) is 0 Å². The average molecular weight is 451 g/mol. The van der Waals surface area contributed by atoms with E-state index in [1.165, 1.54) is 5.56 Å². The molecular formula is C25H28N4O4. The van der Waals surface area contributed by atoms with Gasteiger partial charge < -0.3 is 15.0 Å².